The highest BCUT2D eigenvalue weighted by atomic mass is 79.9. The van der Waals surface area contributed by atoms with Crippen LogP contribution in [0.1, 0.15) is 6.92 Å². The van der Waals surface area contributed by atoms with E-state index in [0.717, 1.165) is 4.47 Å². The molecule has 1 aromatic carbocycles. The molecule has 1 rings (SSSR count). The number of carbonyl (C=O) groups excluding carboxylic acids is 1. The van der Waals surface area contributed by atoms with Gasteiger partial charge in [-0.2, -0.15) is 0 Å². The summed E-state index contributed by atoms with van der Waals surface area (Å²) in [5.41, 5.74) is 6.17. The van der Waals surface area contributed by atoms with E-state index in [1.165, 1.54) is 7.05 Å². The fraction of sp³-hybridized carbons (Fsp3) is 0.300. The zero-order valence-corrected chi connectivity index (χ0v) is 11.4. The first-order valence-corrected chi connectivity index (χ1v) is 6.65. The highest BCUT2D eigenvalue weighted by Gasteiger charge is 2.21. The fourth-order valence-corrected chi connectivity index (χ4v) is 2.76. The van der Waals surface area contributed by atoms with E-state index in [2.05, 4.69) is 21.2 Å². The summed E-state index contributed by atoms with van der Waals surface area (Å²) in [4.78, 5) is 11.8. The molecule has 3 N–H and O–H groups in total. The molecule has 4 nitrogen and oxygen atoms in total. The first-order chi connectivity index (χ1) is 7.47. The van der Waals surface area contributed by atoms with Gasteiger partial charge in [0.15, 0.2) is 0 Å². The summed E-state index contributed by atoms with van der Waals surface area (Å²) in [5.74, 6) is -0.263. The maximum Gasteiger partial charge on any atom is 0.235 e. The third-order valence-electron chi connectivity index (χ3n) is 2.13. The molecule has 2 unspecified atom stereocenters. The normalized spacial score (nSPS) is 14.2. The molecule has 0 fully saturated rings. The number of benzene rings is 1. The maximum atomic E-state index is 12.0. The Morgan fingerprint density at radius 2 is 2.19 bits per heavy atom. The average Bonchev–Trinajstić information content (AvgIpc) is 2.26. The molecule has 16 heavy (non-hydrogen) atoms. The second kappa shape index (κ2) is 5.45. The molecule has 1 aromatic rings. The minimum atomic E-state index is -1.44. The molecular formula is C10H13BrN2O2S. The Labute approximate surface area is 105 Å². The molecule has 0 aromatic heterocycles. The van der Waals surface area contributed by atoms with Gasteiger partial charge in [-0.05, 0) is 25.1 Å². The highest BCUT2D eigenvalue weighted by molar-refractivity contribution is 9.10. The Balaban J connectivity index is 3.01. The summed E-state index contributed by atoms with van der Waals surface area (Å²) in [6.45, 7) is 1.61. The van der Waals surface area contributed by atoms with E-state index in [1.54, 1.807) is 25.1 Å². The minimum Gasteiger partial charge on any atom is -0.398 e. The van der Waals surface area contributed by atoms with Crippen molar-refractivity contribution in [2.75, 3.05) is 12.8 Å². The van der Waals surface area contributed by atoms with Crippen LogP contribution in [0.4, 0.5) is 5.69 Å². The molecule has 0 radical (unpaired) electrons. The van der Waals surface area contributed by atoms with Gasteiger partial charge in [-0.25, -0.2) is 0 Å². The van der Waals surface area contributed by atoms with E-state index in [0.29, 0.717) is 10.6 Å². The maximum absolute atomic E-state index is 12.0. The second-order valence-electron chi connectivity index (χ2n) is 3.24. The standard InChI is InChI=1S/C10H13BrN2O2S/c1-6(10(14)13-2)16(15)9-4-3-7(11)5-8(9)12/h3-6H,12H2,1-2H3,(H,13,14). The van der Waals surface area contributed by atoms with Crippen molar-refractivity contribution in [1.82, 2.24) is 5.32 Å². The molecular weight excluding hydrogens is 292 g/mol. The Kier molecular flexibility index (Phi) is 4.49. The van der Waals surface area contributed by atoms with Crippen LogP contribution in [0.15, 0.2) is 27.6 Å². The van der Waals surface area contributed by atoms with Crippen molar-refractivity contribution < 1.29 is 9.00 Å². The van der Waals surface area contributed by atoms with Gasteiger partial charge in [0.2, 0.25) is 5.91 Å². The monoisotopic (exact) mass is 304 g/mol. The van der Waals surface area contributed by atoms with Crippen molar-refractivity contribution in [3.8, 4) is 0 Å². The molecule has 0 aliphatic rings. The Morgan fingerprint density at radius 1 is 1.56 bits per heavy atom. The van der Waals surface area contributed by atoms with E-state index < -0.39 is 16.0 Å². The van der Waals surface area contributed by atoms with Crippen molar-refractivity contribution >= 4 is 38.3 Å². The summed E-state index contributed by atoms with van der Waals surface area (Å²) < 4.78 is 12.9. The van der Waals surface area contributed by atoms with Crippen LogP contribution in [0.25, 0.3) is 0 Å². The molecule has 2 atom stereocenters. The van der Waals surface area contributed by atoms with Crippen LogP contribution < -0.4 is 11.1 Å². The molecule has 0 saturated carbocycles. The number of carbonyl (C=O) groups is 1. The predicted molar refractivity (Wildman–Crippen MR) is 68.5 cm³/mol. The largest absolute Gasteiger partial charge is 0.398 e. The number of anilines is 1. The lowest BCUT2D eigenvalue weighted by Gasteiger charge is -2.11. The van der Waals surface area contributed by atoms with E-state index in [1.807, 2.05) is 0 Å². The quantitative estimate of drug-likeness (QED) is 0.826. The lowest BCUT2D eigenvalue weighted by Crippen LogP contribution is -2.33. The first kappa shape index (κ1) is 13.2. The van der Waals surface area contributed by atoms with Crippen molar-refractivity contribution in [2.45, 2.75) is 17.1 Å². The van der Waals surface area contributed by atoms with Crippen LogP contribution >= 0.6 is 15.9 Å². The predicted octanol–water partition coefficient (Wildman–Crippen LogP) is 1.27. The Bertz CT molecular complexity index is 437. The number of nitrogens with two attached hydrogens (primary N) is 1. The lowest BCUT2D eigenvalue weighted by atomic mass is 10.3. The van der Waals surface area contributed by atoms with Gasteiger partial charge in [0.25, 0.3) is 0 Å². The molecule has 0 spiro atoms. The molecule has 0 aliphatic carbocycles. The van der Waals surface area contributed by atoms with E-state index in [-0.39, 0.29) is 5.91 Å². The van der Waals surface area contributed by atoms with Crippen molar-refractivity contribution in [1.29, 1.82) is 0 Å². The number of hydrogen-bond acceptors (Lipinski definition) is 3. The third kappa shape index (κ3) is 2.82. The second-order valence-corrected chi connectivity index (χ2v) is 5.89. The Morgan fingerprint density at radius 3 is 2.69 bits per heavy atom. The molecule has 0 bridgehead atoms. The smallest absolute Gasteiger partial charge is 0.235 e. The first-order valence-electron chi connectivity index (χ1n) is 4.64. The highest BCUT2D eigenvalue weighted by Crippen LogP contribution is 2.23. The fourth-order valence-electron chi connectivity index (χ4n) is 1.19. The van der Waals surface area contributed by atoms with Crippen LogP contribution in [0, 0.1) is 0 Å². The van der Waals surface area contributed by atoms with Gasteiger partial charge in [-0.1, -0.05) is 15.9 Å². The molecule has 0 saturated heterocycles. The number of hydrogen-bond donors (Lipinski definition) is 2. The minimum absolute atomic E-state index is 0.263. The van der Waals surface area contributed by atoms with Gasteiger partial charge in [-0.3, -0.25) is 9.00 Å². The van der Waals surface area contributed by atoms with E-state index in [4.69, 9.17) is 5.73 Å². The summed E-state index contributed by atoms with van der Waals surface area (Å²) in [7, 11) is 0.0790. The van der Waals surface area contributed by atoms with Gasteiger partial charge in [0.05, 0.1) is 15.7 Å². The number of halogens is 1. The third-order valence-corrected chi connectivity index (χ3v) is 4.28. The van der Waals surface area contributed by atoms with Gasteiger partial charge < -0.3 is 11.1 Å². The Hall–Kier alpha value is -0.880. The van der Waals surface area contributed by atoms with Gasteiger partial charge in [-0.15, -0.1) is 0 Å². The number of rotatable bonds is 3. The summed E-state index contributed by atoms with van der Waals surface area (Å²) in [6.07, 6.45) is 0. The SMILES string of the molecule is CNC(=O)C(C)S(=O)c1ccc(Br)cc1N. The molecule has 88 valence electrons. The number of amides is 1. The van der Waals surface area contributed by atoms with E-state index in [9.17, 15) is 9.00 Å². The van der Waals surface area contributed by atoms with Crippen LogP contribution in [0.2, 0.25) is 0 Å². The molecule has 6 heteroatoms. The zero-order chi connectivity index (χ0) is 12.3. The van der Waals surface area contributed by atoms with Crippen molar-refractivity contribution in [2.24, 2.45) is 0 Å². The lowest BCUT2D eigenvalue weighted by molar-refractivity contribution is -0.119. The van der Waals surface area contributed by atoms with Crippen LogP contribution in [-0.4, -0.2) is 22.4 Å². The molecule has 0 heterocycles. The van der Waals surface area contributed by atoms with Crippen LogP contribution in [0.3, 0.4) is 0 Å². The average molecular weight is 305 g/mol. The molecule has 0 aliphatic heterocycles. The van der Waals surface area contributed by atoms with E-state index >= 15 is 0 Å². The van der Waals surface area contributed by atoms with Crippen molar-refractivity contribution in [3.05, 3.63) is 22.7 Å². The van der Waals surface area contributed by atoms with Crippen molar-refractivity contribution in [3.63, 3.8) is 0 Å². The molecule has 1 amide bonds. The number of nitrogens with one attached hydrogen (secondary N) is 1. The van der Waals surface area contributed by atoms with Crippen LogP contribution in [-0.2, 0) is 15.6 Å². The summed E-state index contributed by atoms with van der Waals surface area (Å²) in [6, 6.07) is 5.08. The van der Waals surface area contributed by atoms with Gasteiger partial charge in [0, 0.05) is 17.2 Å². The van der Waals surface area contributed by atoms with Gasteiger partial charge >= 0.3 is 0 Å². The number of nitrogen functional groups attached to an aromatic ring is 1. The summed E-state index contributed by atoms with van der Waals surface area (Å²) >= 11 is 3.27. The zero-order valence-electron chi connectivity index (χ0n) is 8.99. The topological polar surface area (TPSA) is 72.2 Å². The summed E-state index contributed by atoms with van der Waals surface area (Å²) in [5, 5.41) is 1.85. The van der Waals surface area contributed by atoms with Gasteiger partial charge in [0.1, 0.15) is 5.25 Å². The van der Waals surface area contributed by atoms with Crippen LogP contribution in [0.5, 0.6) is 0 Å².